The molecule has 0 spiro atoms. The molecule has 0 bridgehead atoms. The summed E-state index contributed by atoms with van der Waals surface area (Å²) in [5, 5.41) is 7.45. The number of carbonyl (C=O) groups excluding carboxylic acids is 2. The molecule has 0 radical (unpaired) electrons. The Bertz CT molecular complexity index is 1190. The van der Waals surface area contributed by atoms with Crippen molar-refractivity contribution in [2.75, 3.05) is 0 Å². The van der Waals surface area contributed by atoms with E-state index >= 15 is 0 Å². The molecule has 2 aromatic heterocycles. The Morgan fingerprint density at radius 1 is 1.00 bits per heavy atom. The number of ether oxygens (including phenoxy) is 1. The maximum Gasteiger partial charge on any atom is 0.337 e. The summed E-state index contributed by atoms with van der Waals surface area (Å²) >= 11 is 3.26. The van der Waals surface area contributed by atoms with Crippen molar-refractivity contribution in [3.05, 3.63) is 103 Å². The van der Waals surface area contributed by atoms with Gasteiger partial charge in [0.15, 0.2) is 5.78 Å². The van der Waals surface area contributed by atoms with E-state index in [1.807, 2.05) is 60.8 Å². The maximum atomic E-state index is 13.4. The molecule has 0 amide bonds. The van der Waals surface area contributed by atoms with Crippen LogP contribution in [-0.4, -0.2) is 11.8 Å². The Morgan fingerprint density at radius 2 is 1.72 bits per heavy atom. The van der Waals surface area contributed by atoms with Crippen LogP contribution in [0.15, 0.2) is 87.9 Å². The van der Waals surface area contributed by atoms with Crippen molar-refractivity contribution in [2.45, 2.75) is 38.2 Å². The molecule has 1 aliphatic heterocycles. The van der Waals surface area contributed by atoms with Crippen LogP contribution in [0, 0.1) is 0 Å². The van der Waals surface area contributed by atoms with Gasteiger partial charge in [-0.25, -0.2) is 4.79 Å². The standard InChI is InChI=1S/C26H23NO3S2/c1-16-23(26(29)30-15-17-7-3-2-4-8-17)25(22-10-6-12-32-22)24-19(27-16)13-18(14-20(24)28)21-9-5-11-31-21/h2-12,18,25,27H,13-15H2,1H3/t18-,25+/m1/s1. The number of dihydropyridines is 1. The van der Waals surface area contributed by atoms with Crippen LogP contribution in [0.2, 0.25) is 0 Å². The van der Waals surface area contributed by atoms with Crippen molar-refractivity contribution in [3.8, 4) is 0 Å². The molecule has 0 fully saturated rings. The molecule has 2 atom stereocenters. The van der Waals surface area contributed by atoms with Crippen molar-refractivity contribution in [1.82, 2.24) is 5.32 Å². The normalized spacial score (nSPS) is 20.7. The first kappa shape index (κ1) is 20.9. The zero-order chi connectivity index (χ0) is 22.1. The van der Waals surface area contributed by atoms with Crippen molar-refractivity contribution >= 4 is 34.4 Å². The lowest BCUT2D eigenvalue weighted by atomic mass is 9.74. The highest BCUT2D eigenvalue weighted by atomic mass is 32.1. The largest absolute Gasteiger partial charge is 0.457 e. The highest BCUT2D eigenvalue weighted by Crippen LogP contribution is 2.47. The molecular formula is C26H23NO3S2. The first-order valence-electron chi connectivity index (χ1n) is 10.6. The number of allylic oxidation sites excluding steroid dienone is 3. The van der Waals surface area contributed by atoms with Gasteiger partial charge in [0.25, 0.3) is 0 Å². The topological polar surface area (TPSA) is 55.4 Å². The van der Waals surface area contributed by atoms with E-state index < -0.39 is 0 Å². The summed E-state index contributed by atoms with van der Waals surface area (Å²) in [5.74, 6) is -0.475. The van der Waals surface area contributed by atoms with Crippen LogP contribution in [0.3, 0.4) is 0 Å². The second-order valence-corrected chi connectivity index (χ2v) is 10.1. The van der Waals surface area contributed by atoms with Gasteiger partial charge in [0.05, 0.1) is 11.5 Å². The second-order valence-electron chi connectivity index (χ2n) is 8.11. The number of esters is 1. The molecule has 1 aromatic carbocycles. The number of nitrogens with one attached hydrogen (secondary N) is 1. The van der Waals surface area contributed by atoms with Crippen molar-refractivity contribution in [3.63, 3.8) is 0 Å². The van der Waals surface area contributed by atoms with Crippen LogP contribution in [-0.2, 0) is 20.9 Å². The van der Waals surface area contributed by atoms with E-state index in [0.717, 1.165) is 33.8 Å². The molecule has 1 aliphatic carbocycles. The molecule has 6 heteroatoms. The molecule has 0 unspecified atom stereocenters. The smallest absolute Gasteiger partial charge is 0.337 e. The van der Waals surface area contributed by atoms with E-state index in [9.17, 15) is 9.59 Å². The SMILES string of the molecule is CC1=C(C(=O)OCc2ccccc2)[C@H](c2cccs2)C2=C(C[C@@H](c3cccs3)CC2=O)N1. The number of carbonyl (C=O) groups is 2. The predicted molar refractivity (Wildman–Crippen MR) is 127 cm³/mol. The van der Waals surface area contributed by atoms with E-state index in [4.69, 9.17) is 4.74 Å². The fraction of sp³-hybridized carbons (Fsp3) is 0.231. The zero-order valence-corrected chi connectivity index (χ0v) is 19.3. The number of thiophene rings is 2. The van der Waals surface area contributed by atoms with E-state index in [1.165, 1.54) is 4.88 Å². The lowest BCUT2D eigenvalue weighted by Gasteiger charge is -2.35. The summed E-state index contributed by atoms with van der Waals surface area (Å²) in [6, 6.07) is 17.7. The minimum absolute atomic E-state index is 0.108. The zero-order valence-electron chi connectivity index (χ0n) is 17.7. The number of hydrogen-bond acceptors (Lipinski definition) is 6. The number of rotatable bonds is 5. The van der Waals surface area contributed by atoms with Gasteiger partial charge in [0, 0.05) is 39.1 Å². The van der Waals surface area contributed by atoms with Crippen LogP contribution in [0.5, 0.6) is 0 Å². The first-order valence-corrected chi connectivity index (χ1v) is 12.4. The van der Waals surface area contributed by atoms with Crippen LogP contribution in [0.25, 0.3) is 0 Å². The summed E-state index contributed by atoms with van der Waals surface area (Å²) in [4.78, 5) is 28.9. The predicted octanol–water partition coefficient (Wildman–Crippen LogP) is 5.91. The highest BCUT2D eigenvalue weighted by Gasteiger charge is 2.42. The quantitative estimate of drug-likeness (QED) is 0.480. The molecule has 2 aliphatic rings. The van der Waals surface area contributed by atoms with Gasteiger partial charge in [-0.05, 0) is 41.8 Å². The van der Waals surface area contributed by atoms with E-state index in [-0.39, 0.29) is 30.2 Å². The number of ketones is 1. The molecule has 4 nitrogen and oxygen atoms in total. The number of benzene rings is 1. The highest BCUT2D eigenvalue weighted by molar-refractivity contribution is 7.10. The Balaban J connectivity index is 1.48. The minimum Gasteiger partial charge on any atom is -0.457 e. The van der Waals surface area contributed by atoms with Gasteiger partial charge in [-0.15, -0.1) is 22.7 Å². The van der Waals surface area contributed by atoms with E-state index in [0.29, 0.717) is 12.0 Å². The molecule has 0 saturated heterocycles. The van der Waals surface area contributed by atoms with Crippen LogP contribution < -0.4 is 5.32 Å². The van der Waals surface area contributed by atoms with Crippen LogP contribution >= 0.6 is 22.7 Å². The summed E-state index contributed by atoms with van der Waals surface area (Å²) in [7, 11) is 0. The van der Waals surface area contributed by atoms with Crippen molar-refractivity contribution in [2.24, 2.45) is 0 Å². The minimum atomic E-state index is -0.383. The summed E-state index contributed by atoms with van der Waals surface area (Å²) in [6.07, 6.45) is 1.24. The Kier molecular flexibility index (Phi) is 5.81. The van der Waals surface area contributed by atoms with Crippen molar-refractivity contribution < 1.29 is 14.3 Å². The lowest BCUT2D eigenvalue weighted by Crippen LogP contribution is -2.35. The molecule has 32 heavy (non-hydrogen) atoms. The second kappa shape index (κ2) is 8.88. The third kappa shape index (κ3) is 3.96. The van der Waals surface area contributed by atoms with Gasteiger partial charge >= 0.3 is 5.97 Å². The Hall–Kier alpha value is -2.96. The van der Waals surface area contributed by atoms with Gasteiger partial charge < -0.3 is 10.1 Å². The monoisotopic (exact) mass is 461 g/mol. The molecule has 3 aromatic rings. The van der Waals surface area contributed by atoms with E-state index in [2.05, 4.69) is 16.8 Å². The fourth-order valence-corrected chi connectivity index (χ4v) is 6.25. The third-order valence-corrected chi connectivity index (χ3v) is 8.01. The third-order valence-electron chi connectivity index (χ3n) is 6.03. The van der Waals surface area contributed by atoms with Gasteiger partial charge in [0.2, 0.25) is 0 Å². The van der Waals surface area contributed by atoms with Gasteiger partial charge in [-0.1, -0.05) is 42.5 Å². The van der Waals surface area contributed by atoms with Gasteiger partial charge in [0.1, 0.15) is 6.61 Å². The van der Waals surface area contributed by atoms with Crippen LogP contribution in [0.1, 0.15) is 46.9 Å². The first-order chi connectivity index (χ1) is 15.6. The number of hydrogen-bond donors (Lipinski definition) is 1. The fourth-order valence-electron chi connectivity index (χ4n) is 4.58. The summed E-state index contributed by atoms with van der Waals surface area (Å²) < 4.78 is 5.70. The average Bonchev–Trinajstić information content (AvgIpc) is 3.51. The van der Waals surface area contributed by atoms with Crippen molar-refractivity contribution in [1.29, 1.82) is 0 Å². The summed E-state index contributed by atoms with van der Waals surface area (Å²) in [6.45, 7) is 2.11. The molecule has 1 N–H and O–H groups in total. The maximum absolute atomic E-state index is 13.4. The summed E-state index contributed by atoms with van der Waals surface area (Å²) in [5.41, 5.74) is 3.89. The molecule has 0 saturated carbocycles. The average molecular weight is 462 g/mol. The van der Waals surface area contributed by atoms with Gasteiger partial charge in [-0.3, -0.25) is 4.79 Å². The lowest BCUT2D eigenvalue weighted by molar-refractivity contribution is -0.140. The molecular weight excluding hydrogens is 438 g/mol. The number of Topliss-reactive ketones (excluding diaryl/α,β-unsaturated/α-hetero) is 1. The molecule has 5 rings (SSSR count). The van der Waals surface area contributed by atoms with Gasteiger partial charge in [-0.2, -0.15) is 0 Å². The Morgan fingerprint density at radius 3 is 2.41 bits per heavy atom. The molecule has 162 valence electrons. The van der Waals surface area contributed by atoms with Crippen LogP contribution in [0.4, 0.5) is 0 Å². The Labute approximate surface area is 195 Å². The van der Waals surface area contributed by atoms with E-state index in [1.54, 1.807) is 22.7 Å². The molecule has 3 heterocycles.